The molecule has 0 aliphatic carbocycles. The number of benzene rings is 2. The molecule has 2 aromatic carbocycles. The Morgan fingerprint density at radius 2 is 1.91 bits per heavy atom. The van der Waals surface area contributed by atoms with E-state index in [1.54, 1.807) is 18.2 Å². The van der Waals surface area contributed by atoms with Crippen molar-refractivity contribution in [1.82, 2.24) is 5.43 Å². The first-order valence-corrected chi connectivity index (χ1v) is 8.93. The first-order valence-electron chi connectivity index (χ1n) is 6.64. The number of halogens is 3. The number of carbonyl (C=O) groups is 1. The highest BCUT2D eigenvalue weighted by Crippen LogP contribution is 2.21. The molecule has 1 amide bonds. The van der Waals surface area contributed by atoms with Gasteiger partial charge in [-0.15, -0.1) is 11.8 Å². The normalized spacial score (nSPS) is 10.9. The van der Waals surface area contributed by atoms with Crippen LogP contribution in [-0.2, 0) is 10.5 Å². The maximum absolute atomic E-state index is 11.7. The summed E-state index contributed by atoms with van der Waals surface area (Å²) >= 11 is 19.3. The predicted molar refractivity (Wildman–Crippen MR) is 99.8 cm³/mol. The molecule has 0 radical (unpaired) electrons. The molecule has 3 nitrogen and oxygen atoms in total. The fraction of sp³-hybridized carbons (Fsp3) is 0.125. The minimum atomic E-state index is -0.191. The average Bonchev–Trinajstić information content (AvgIpc) is 2.51. The van der Waals surface area contributed by atoms with Gasteiger partial charge in [0.2, 0.25) is 5.91 Å². The van der Waals surface area contributed by atoms with Gasteiger partial charge in [0, 0.05) is 21.4 Å². The molecule has 120 valence electrons. The molecule has 0 bridgehead atoms. The summed E-state index contributed by atoms with van der Waals surface area (Å²) in [5, 5.41) is 5.61. The fourth-order valence-electron chi connectivity index (χ4n) is 1.68. The van der Waals surface area contributed by atoms with Crippen LogP contribution in [0.1, 0.15) is 11.1 Å². The second-order valence-corrected chi connectivity index (χ2v) is 6.78. The van der Waals surface area contributed by atoms with Crippen molar-refractivity contribution < 1.29 is 4.79 Å². The molecule has 0 atom stereocenters. The van der Waals surface area contributed by atoms with Gasteiger partial charge >= 0.3 is 0 Å². The lowest BCUT2D eigenvalue weighted by Gasteiger charge is -2.03. The number of nitrogens with zero attached hydrogens (tertiary/aromatic N) is 1. The van der Waals surface area contributed by atoms with Crippen molar-refractivity contribution in [2.24, 2.45) is 5.10 Å². The van der Waals surface area contributed by atoms with E-state index < -0.39 is 0 Å². The SMILES string of the molecule is O=C(CSCc1ccccc1Cl)NN=Cc1ccc(Cl)cc1Cl. The molecule has 0 unspecified atom stereocenters. The number of hydrazone groups is 1. The molecule has 1 N–H and O–H groups in total. The van der Waals surface area contributed by atoms with Crippen LogP contribution in [0.2, 0.25) is 15.1 Å². The van der Waals surface area contributed by atoms with Crippen molar-refractivity contribution in [3.8, 4) is 0 Å². The van der Waals surface area contributed by atoms with Crippen LogP contribution < -0.4 is 5.43 Å². The highest BCUT2D eigenvalue weighted by molar-refractivity contribution is 7.99. The van der Waals surface area contributed by atoms with Crippen molar-refractivity contribution in [1.29, 1.82) is 0 Å². The van der Waals surface area contributed by atoms with E-state index in [4.69, 9.17) is 34.8 Å². The molecule has 0 heterocycles. The Morgan fingerprint density at radius 3 is 2.65 bits per heavy atom. The predicted octanol–water partition coefficient (Wildman–Crippen LogP) is 5.03. The van der Waals surface area contributed by atoms with Crippen LogP contribution in [0, 0.1) is 0 Å². The van der Waals surface area contributed by atoms with Crippen LogP contribution in [0.3, 0.4) is 0 Å². The average molecular weight is 388 g/mol. The van der Waals surface area contributed by atoms with Crippen LogP contribution in [0.15, 0.2) is 47.6 Å². The Kier molecular flexibility index (Phi) is 7.24. The maximum atomic E-state index is 11.7. The van der Waals surface area contributed by atoms with E-state index in [1.807, 2.05) is 24.3 Å². The number of nitrogens with one attached hydrogen (secondary N) is 1. The Morgan fingerprint density at radius 1 is 1.13 bits per heavy atom. The Balaban J connectivity index is 1.77. The van der Waals surface area contributed by atoms with E-state index in [-0.39, 0.29) is 11.7 Å². The van der Waals surface area contributed by atoms with Gasteiger partial charge < -0.3 is 0 Å². The van der Waals surface area contributed by atoms with E-state index >= 15 is 0 Å². The van der Waals surface area contributed by atoms with Gasteiger partial charge in [0.25, 0.3) is 0 Å². The van der Waals surface area contributed by atoms with Gasteiger partial charge in [0.1, 0.15) is 0 Å². The molecule has 0 fully saturated rings. The molecule has 2 rings (SSSR count). The molecule has 0 aromatic heterocycles. The molecule has 0 saturated heterocycles. The van der Waals surface area contributed by atoms with E-state index in [9.17, 15) is 4.79 Å². The number of hydrogen-bond acceptors (Lipinski definition) is 3. The largest absolute Gasteiger partial charge is 0.272 e. The molecular weight excluding hydrogens is 375 g/mol. The van der Waals surface area contributed by atoms with Crippen molar-refractivity contribution in [2.75, 3.05) is 5.75 Å². The third kappa shape index (κ3) is 6.07. The highest BCUT2D eigenvalue weighted by Gasteiger charge is 2.03. The molecule has 0 aliphatic rings. The van der Waals surface area contributed by atoms with Crippen molar-refractivity contribution in [3.05, 3.63) is 68.7 Å². The summed E-state index contributed by atoms with van der Waals surface area (Å²) in [5.74, 6) is 0.764. The molecule has 0 saturated carbocycles. The van der Waals surface area contributed by atoms with Gasteiger partial charge in [0.15, 0.2) is 0 Å². The Hall–Kier alpha value is -1.20. The topological polar surface area (TPSA) is 41.5 Å². The van der Waals surface area contributed by atoms with E-state index in [2.05, 4.69) is 10.5 Å². The number of carbonyl (C=O) groups excluding carboxylic acids is 1. The minimum Gasteiger partial charge on any atom is -0.272 e. The van der Waals surface area contributed by atoms with Gasteiger partial charge in [-0.25, -0.2) is 5.43 Å². The van der Waals surface area contributed by atoms with Crippen LogP contribution in [-0.4, -0.2) is 17.9 Å². The zero-order valence-corrected chi connectivity index (χ0v) is 15.0. The quantitative estimate of drug-likeness (QED) is 0.558. The van der Waals surface area contributed by atoms with Gasteiger partial charge in [-0.05, 0) is 23.8 Å². The summed E-state index contributed by atoms with van der Waals surface area (Å²) in [6, 6.07) is 12.6. The smallest absolute Gasteiger partial charge is 0.250 e. The van der Waals surface area contributed by atoms with Gasteiger partial charge in [-0.2, -0.15) is 5.10 Å². The molecular formula is C16H13Cl3N2OS. The van der Waals surface area contributed by atoms with Crippen LogP contribution in [0.25, 0.3) is 0 Å². The molecule has 0 aliphatic heterocycles. The molecule has 23 heavy (non-hydrogen) atoms. The van der Waals surface area contributed by atoms with Gasteiger partial charge in [-0.1, -0.05) is 59.1 Å². The first-order chi connectivity index (χ1) is 11.1. The van der Waals surface area contributed by atoms with Crippen molar-refractivity contribution in [3.63, 3.8) is 0 Å². The minimum absolute atomic E-state index is 0.191. The van der Waals surface area contributed by atoms with E-state index in [0.29, 0.717) is 26.4 Å². The van der Waals surface area contributed by atoms with Gasteiger partial charge in [-0.3, -0.25) is 4.79 Å². The standard InChI is InChI=1S/C16H13Cl3N2OS/c17-13-6-5-11(15(19)7-13)8-20-21-16(22)10-23-9-12-3-1-2-4-14(12)18/h1-8H,9-10H2,(H,21,22). The van der Waals surface area contributed by atoms with Crippen LogP contribution in [0.5, 0.6) is 0 Å². The molecule has 7 heteroatoms. The molecule has 2 aromatic rings. The zero-order valence-electron chi connectivity index (χ0n) is 11.9. The summed E-state index contributed by atoms with van der Waals surface area (Å²) in [5.41, 5.74) is 4.14. The Labute approximate surface area is 154 Å². The second kappa shape index (κ2) is 9.18. The summed E-state index contributed by atoms with van der Waals surface area (Å²) in [6.45, 7) is 0. The molecule has 0 spiro atoms. The lowest BCUT2D eigenvalue weighted by Crippen LogP contribution is -2.19. The highest BCUT2D eigenvalue weighted by atomic mass is 35.5. The van der Waals surface area contributed by atoms with Crippen molar-refractivity contribution in [2.45, 2.75) is 5.75 Å². The van der Waals surface area contributed by atoms with E-state index in [0.717, 1.165) is 5.56 Å². The Bertz CT molecular complexity index is 722. The maximum Gasteiger partial charge on any atom is 0.250 e. The van der Waals surface area contributed by atoms with Crippen molar-refractivity contribution >= 4 is 58.7 Å². The second-order valence-electron chi connectivity index (χ2n) is 4.54. The summed E-state index contributed by atoms with van der Waals surface area (Å²) in [4.78, 5) is 11.7. The summed E-state index contributed by atoms with van der Waals surface area (Å²) in [7, 11) is 0. The monoisotopic (exact) mass is 386 g/mol. The number of rotatable bonds is 6. The first kappa shape index (κ1) is 18.1. The summed E-state index contributed by atoms with van der Waals surface area (Å²) < 4.78 is 0. The lowest BCUT2D eigenvalue weighted by molar-refractivity contribution is -0.118. The fourth-order valence-corrected chi connectivity index (χ4v) is 3.24. The number of hydrogen-bond donors (Lipinski definition) is 1. The number of thioether (sulfide) groups is 1. The van der Waals surface area contributed by atoms with Gasteiger partial charge in [0.05, 0.1) is 17.0 Å². The number of amides is 1. The zero-order chi connectivity index (χ0) is 16.7. The third-order valence-corrected chi connectivity index (χ3v) is 4.72. The van der Waals surface area contributed by atoms with E-state index in [1.165, 1.54) is 18.0 Å². The summed E-state index contributed by atoms with van der Waals surface area (Å²) in [6.07, 6.45) is 1.48. The lowest BCUT2D eigenvalue weighted by atomic mass is 10.2. The van der Waals surface area contributed by atoms with Crippen LogP contribution >= 0.6 is 46.6 Å². The third-order valence-electron chi connectivity index (χ3n) is 2.80. The van der Waals surface area contributed by atoms with Crippen LogP contribution in [0.4, 0.5) is 0 Å².